The molecule has 0 aliphatic heterocycles. The van der Waals surface area contributed by atoms with Gasteiger partial charge in [0.1, 0.15) is 11.6 Å². The van der Waals surface area contributed by atoms with Crippen molar-refractivity contribution in [1.82, 2.24) is 5.32 Å². The van der Waals surface area contributed by atoms with E-state index < -0.39 is 29.3 Å². The molecule has 2 N–H and O–H groups in total. The first-order valence-electron chi connectivity index (χ1n) is 7.12. The van der Waals surface area contributed by atoms with Crippen molar-refractivity contribution in [3.8, 4) is 5.75 Å². The van der Waals surface area contributed by atoms with Crippen LogP contribution in [0.3, 0.4) is 0 Å². The van der Waals surface area contributed by atoms with Gasteiger partial charge in [0, 0.05) is 18.7 Å². The second-order valence-electron chi connectivity index (χ2n) is 5.16. The average molecular weight is 337 g/mol. The molecule has 0 unspecified atom stereocenters. The molecule has 0 aromatic heterocycles. The number of halogens is 4. The van der Waals surface area contributed by atoms with Gasteiger partial charge in [-0.1, -0.05) is 19.9 Å². The van der Waals surface area contributed by atoms with Gasteiger partial charge in [-0.3, -0.25) is 4.79 Å². The summed E-state index contributed by atoms with van der Waals surface area (Å²) in [5, 5.41) is 12.0. The minimum absolute atomic E-state index is 0.00905. The van der Waals surface area contributed by atoms with E-state index in [9.17, 15) is 27.5 Å². The SMILES string of the molecule is CCC(CC)(CNCc1c(F)cccc1OC(F)(F)F)C(=O)O. The molecule has 0 atom stereocenters. The first-order chi connectivity index (χ1) is 10.6. The summed E-state index contributed by atoms with van der Waals surface area (Å²) in [4.78, 5) is 11.4. The zero-order valence-electron chi connectivity index (χ0n) is 12.8. The standard InChI is InChI=1S/C15H19F4NO3/c1-3-14(4-2,13(21)22)9-20-8-10-11(16)6-5-7-12(10)23-15(17,18)19/h5-7,20H,3-4,8-9H2,1-2H3,(H,21,22). The van der Waals surface area contributed by atoms with Gasteiger partial charge >= 0.3 is 12.3 Å². The lowest BCUT2D eigenvalue weighted by Crippen LogP contribution is -2.40. The Labute approximate surface area is 131 Å². The van der Waals surface area contributed by atoms with Crippen LogP contribution in [-0.2, 0) is 11.3 Å². The Morgan fingerprint density at radius 3 is 2.35 bits per heavy atom. The van der Waals surface area contributed by atoms with Crippen LogP contribution in [0.4, 0.5) is 17.6 Å². The fraction of sp³-hybridized carbons (Fsp3) is 0.533. The number of alkyl halides is 3. The van der Waals surface area contributed by atoms with E-state index in [-0.39, 0.29) is 18.7 Å². The van der Waals surface area contributed by atoms with Crippen LogP contribution < -0.4 is 10.1 Å². The maximum absolute atomic E-state index is 13.8. The minimum atomic E-state index is -4.93. The van der Waals surface area contributed by atoms with Crippen molar-refractivity contribution in [2.24, 2.45) is 5.41 Å². The van der Waals surface area contributed by atoms with Crippen molar-refractivity contribution in [2.75, 3.05) is 6.54 Å². The molecule has 0 aliphatic rings. The number of ether oxygens (including phenoxy) is 1. The molecule has 130 valence electrons. The van der Waals surface area contributed by atoms with Crippen LogP contribution in [0.2, 0.25) is 0 Å². The molecule has 0 radical (unpaired) electrons. The van der Waals surface area contributed by atoms with Crippen LogP contribution in [0.1, 0.15) is 32.3 Å². The molecular weight excluding hydrogens is 318 g/mol. The number of rotatable bonds is 8. The first kappa shape index (κ1) is 19.2. The Morgan fingerprint density at radius 2 is 1.87 bits per heavy atom. The summed E-state index contributed by atoms with van der Waals surface area (Å²) >= 11 is 0. The van der Waals surface area contributed by atoms with Crippen molar-refractivity contribution in [3.05, 3.63) is 29.6 Å². The van der Waals surface area contributed by atoms with Gasteiger partial charge in [-0.15, -0.1) is 13.2 Å². The summed E-state index contributed by atoms with van der Waals surface area (Å²) in [6, 6.07) is 3.14. The van der Waals surface area contributed by atoms with Gasteiger partial charge in [0.05, 0.1) is 5.41 Å². The predicted octanol–water partition coefficient (Wildman–Crippen LogP) is 3.70. The number of benzene rings is 1. The minimum Gasteiger partial charge on any atom is -0.481 e. The van der Waals surface area contributed by atoms with Gasteiger partial charge in [-0.25, -0.2) is 4.39 Å². The lowest BCUT2D eigenvalue weighted by Gasteiger charge is -2.27. The molecule has 0 bridgehead atoms. The summed E-state index contributed by atoms with van der Waals surface area (Å²) in [5.74, 6) is -2.50. The third kappa shape index (κ3) is 5.09. The molecule has 1 aromatic rings. The van der Waals surface area contributed by atoms with Crippen molar-refractivity contribution < 1.29 is 32.2 Å². The van der Waals surface area contributed by atoms with Gasteiger partial charge in [0.25, 0.3) is 0 Å². The lowest BCUT2D eigenvalue weighted by atomic mass is 9.82. The van der Waals surface area contributed by atoms with Gasteiger partial charge < -0.3 is 15.2 Å². The van der Waals surface area contributed by atoms with Gasteiger partial charge in [-0.2, -0.15) is 0 Å². The van der Waals surface area contributed by atoms with E-state index >= 15 is 0 Å². The number of carboxylic acids is 1. The smallest absolute Gasteiger partial charge is 0.481 e. The number of hydrogen-bond acceptors (Lipinski definition) is 3. The van der Waals surface area contributed by atoms with Crippen LogP contribution in [0.5, 0.6) is 5.75 Å². The van der Waals surface area contributed by atoms with E-state index in [1.807, 2.05) is 0 Å². The number of carboxylic acid groups (broad SMARTS) is 1. The van der Waals surface area contributed by atoms with E-state index in [1.165, 1.54) is 0 Å². The molecule has 0 saturated heterocycles. The fourth-order valence-corrected chi connectivity index (χ4v) is 2.24. The van der Waals surface area contributed by atoms with Gasteiger partial charge in [-0.05, 0) is 25.0 Å². The number of nitrogens with one attached hydrogen (secondary N) is 1. The second kappa shape index (κ2) is 7.63. The Morgan fingerprint density at radius 1 is 1.26 bits per heavy atom. The Balaban J connectivity index is 2.87. The van der Waals surface area contributed by atoms with Crippen LogP contribution >= 0.6 is 0 Å². The highest BCUT2D eigenvalue weighted by Gasteiger charge is 2.35. The Hall–Kier alpha value is -1.83. The summed E-state index contributed by atoms with van der Waals surface area (Å²) in [7, 11) is 0. The number of hydrogen-bond donors (Lipinski definition) is 2. The van der Waals surface area contributed by atoms with Crippen molar-refractivity contribution in [2.45, 2.75) is 39.6 Å². The highest BCUT2D eigenvalue weighted by atomic mass is 19.4. The average Bonchev–Trinajstić information content (AvgIpc) is 2.44. The maximum Gasteiger partial charge on any atom is 0.573 e. The quantitative estimate of drug-likeness (QED) is 0.710. The van der Waals surface area contributed by atoms with Gasteiger partial charge in [0.15, 0.2) is 0 Å². The largest absolute Gasteiger partial charge is 0.573 e. The van der Waals surface area contributed by atoms with E-state index in [2.05, 4.69) is 10.1 Å². The topological polar surface area (TPSA) is 58.6 Å². The van der Waals surface area contributed by atoms with E-state index in [4.69, 9.17) is 0 Å². The molecule has 1 aromatic carbocycles. The molecule has 0 amide bonds. The summed E-state index contributed by atoms with van der Waals surface area (Å²) in [6.45, 7) is 3.16. The summed E-state index contributed by atoms with van der Waals surface area (Å²) in [5.41, 5.74) is -1.34. The van der Waals surface area contributed by atoms with Crippen molar-refractivity contribution in [1.29, 1.82) is 0 Å². The summed E-state index contributed by atoms with van der Waals surface area (Å²) in [6.07, 6.45) is -4.25. The van der Waals surface area contributed by atoms with Crippen LogP contribution in [0.15, 0.2) is 18.2 Å². The van der Waals surface area contributed by atoms with Crippen LogP contribution in [-0.4, -0.2) is 24.0 Å². The van der Waals surface area contributed by atoms with Crippen molar-refractivity contribution >= 4 is 5.97 Å². The van der Waals surface area contributed by atoms with Gasteiger partial charge in [0.2, 0.25) is 0 Å². The zero-order valence-corrected chi connectivity index (χ0v) is 12.8. The van der Waals surface area contributed by atoms with E-state index in [1.54, 1.807) is 13.8 Å². The first-order valence-corrected chi connectivity index (χ1v) is 7.12. The van der Waals surface area contributed by atoms with Crippen molar-refractivity contribution in [3.63, 3.8) is 0 Å². The molecule has 1 rings (SSSR count). The molecule has 0 heterocycles. The predicted molar refractivity (Wildman–Crippen MR) is 75.4 cm³/mol. The Bertz CT molecular complexity index is 542. The third-order valence-electron chi connectivity index (χ3n) is 3.87. The zero-order chi connectivity index (χ0) is 17.7. The molecule has 0 saturated carbocycles. The van der Waals surface area contributed by atoms with Crippen LogP contribution in [0, 0.1) is 11.2 Å². The second-order valence-corrected chi connectivity index (χ2v) is 5.16. The molecule has 23 heavy (non-hydrogen) atoms. The number of carbonyl (C=O) groups is 1. The maximum atomic E-state index is 13.8. The normalized spacial score (nSPS) is 12.3. The third-order valence-corrected chi connectivity index (χ3v) is 3.87. The number of aliphatic carboxylic acids is 1. The monoisotopic (exact) mass is 337 g/mol. The molecule has 4 nitrogen and oxygen atoms in total. The molecular formula is C15H19F4NO3. The molecule has 8 heteroatoms. The van der Waals surface area contributed by atoms with E-state index in [0.29, 0.717) is 12.8 Å². The molecule has 0 fully saturated rings. The fourth-order valence-electron chi connectivity index (χ4n) is 2.24. The highest BCUT2D eigenvalue weighted by molar-refractivity contribution is 5.74. The molecule has 0 spiro atoms. The summed E-state index contributed by atoms with van der Waals surface area (Å²) < 4.78 is 54.6. The van der Waals surface area contributed by atoms with E-state index in [0.717, 1.165) is 18.2 Å². The highest BCUT2D eigenvalue weighted by Crippen LogP contribution is 2.29. The molecule has 0 aliphatic carbocycles. The van der Waals surface area contributed by atoms with Crippen LogP contribution in [0.25, 0.3) is 0 Å². The Kier molecular flexibility index (Phi) is 6.37. The lowest BCUT2D eigenvalue weighted by molar-refractivity contribution is -0.275.